The summed E-state index contributed by atoms with van der Waals surface area (Å²) >= 11 is 0. The van der Waals surface area contributed by atoms with E-state index in [0.717, 1.165) is 0 Å². The van der Waals surface area contributed by atoms with Crippen molar-refractivity contribution in [2.24, 2.45) is 0 Å². The van der Waals surface area contributed by atoms with E-state index in [2.05, 4.69) is 22.5 Å². The van der Waals surface area contributed by atoms with E-state index in [1.54, 1.807) is 24.3 Å². The van der Waals surface area contributed by atoms with Crippen LogP contribution in [0, 0.1) is 0 Å². The van der Waals surface area contributed by atoms with Gasteiger partial charge >= 0.3 is 0 Å². The minimum atomic E-state index is -0.186. The van der Waals surface area contributed by atoms with Crippen molar-refractivity contribution in [2.75, 3.05) is 30.8 Å². The fourth-order valence-corrected chi connectivity index (χ4v) is 1.55. The highest BCUT2D eigenvalue weighted by Gasteiger charge is 2.07. The fourth-order valence-electron chi connectivity index (χ4n) is 1.55. The molecule has 0 aliphatic heterocycles. The van der Waals surface area contributed by atoms with Gasteiger partial charge in [0, 0.05) is 25.2 Å². The Morgan fingerprint density at radius 1 is 1.35 bits per heavy atom. The molecule has 1 aromatic rings. The molecule has 108 valence electrons. The molecule has 0 bridgehead atoms. The molecular weight excluding hydrogens is 258 g/mol. The monoisotopic (exact) mass is 277 g/mol. The Bertz CT molecular complexity index is 500. The summed E-state index contributed by atoms with van der Waals surface area (Å²) < 4.78 is 5.17. The second-order valence-corrected chi connectivity index (χ2v) is 4.06. The molecule has 6 heteroatoms. The molecule has 0 spiro atoms. The third kappa shape index (κ3) is 5.11. The van der Waals surface area contributed by atoms with Crippen molar-refractivity contribution in [1.82, 2.24) is 5.32 Å². The molecule has 3 N–H and O–H groups in total. The lowest BCUT2D eigenvalue weighted by Gasteiger charge is -2.12. The first-order valence-corrected chi connectivity index (χ1v) is 6.14. The summed E-state index contributed by atoms with van der Waals surface area (Å²) in [6.07, 6.45) is 1.68. The first kappa shape index (κ1) is 15.7. The van der Waals surface area contributed by atoms with Gasteiger partial charge in [0.05, 0.1) is 19.3 Å². The third-order valence-corrected chi connectivity index (χ3v) is 2.37. The Kier molecular flexibility index (Phi) is 6.25. The van der Waals surface area contributed by atoms with Crippen LogP contribution < -0.4 is 20.7 Å². The van der Waals surface area contributed by atoms with Crippen LogP contribution in [0.1, 0.15) is 6.92 Å². The van der Waals surface area contributed by atoms with E-state index in [-0.39, 0.29) is 18.4 Å². The quantitative estimate of drug-likeness (QED) is 0.519. The number of nitrogens with one attached hydrogen (secondary N) is 3. The molecule has 20 heavy (non-hydrogen) atoms. The van der Waals surface area contributed by atoms with Gasteiger partial charge in [-0.3, -0.25) is 9.59 Å². The summed E-state index contributed by atoms with van der Waals surface area (Å²) in [5, 5.41) is 8.28. The Balaban J connectivity index is 2.69. The van der Waals surface area contributed by atoms with Gasteiger partial charge in [0.2, 0.25) is 11.8 Å². The maximum Gasteiger partial charge on any atom is 0.238 e. The normalized spacial score (nSPS) is 9.70. The summed E-state index contributed by atoms with van der Waals surface area (Å²) in [5.74, 6) is 0.131. The van der Waals surface area contributed by atoms with Crippen molar-refractivity contribution in [3.8, 4) is 5.75 Å². The maximum absolute atomic E-state index is 11.6. The van der Waals surface area contributed by atoms with Crippen LogP contribution in [-0.4, -0.2) is 32.0 Å². The Hall–Kier alpha value is -2.34. The zero-order valence-corrected chi connectivity index (χ0v) is 11.7. The van der Waals surface area contributed by atoms with Crippen LogP contribution in [0.3, 0.4) is 0 Å². The Morgan fingerprint density at radius 2 is 2.10 bits per heavy atom. The van der Waals surface area contributed by atoms with Crippen molar-refractivity contribution in [3.05, 3.63) is 30.9 Å². The summed E-state index contributed by atoms with van der Waals surface area (Å²) in [7, 11) is 1.50. The predicted octanol–water partition coefficient (Wildman–Crippen LogP) is 1.37. The lowest BCUT2D eigenvalue weighted by atomic mass is 10.2. The SMILES string of the molecule is C=CCNCC(=O)Nc1ccc(NC(C)=O)c(OC)c1. The standard InChI is InChI=1S/C14H19N3O3/c1-4-7-15-9-14(19)17-11-5-6-12(16-10(2)18)13(8-11)20-3/h4-6,8,15H,1,7,9H2,2-3H3,(H,16,18)(H,17,19). The summed E-state index contributed by atoms with van der Waals surface area (Å²) in [5.41, 5.74) is 1.16. The second-order valence-electron chi connectivity index (χ2n) is 4.06. The molecule has 0 saturated heterocycles. The lowest BCUT2D eigenvalue weighted by molar-refractivity contribution is -0.115. The van der Waals surface area contributed by atoms with Crippen molar-refractivity contribution >= 4 is 23.2 Å². The van der Waals surface area contributed by atoms with Crippen LogP contribution in [0.5, 0.6) is 5.75 Å². The van der Waals surface area contributed by atoms with Crippen LogP contribution in [0.2, 0.25) is 0 Å². The van der Waals surface area contributed by atoms with E-state index in [1.807, 2.05) is 0 Å². The number of rotatable bonds is 7. The number of amides is 2. The second kappa shape index (κ2) is 7.96. The molecule has 0 fully saturated rings. The van der Waals surface area contributed by atoms with Gasteiger partial charge in [0.1, 0.15) is 5.75 Å². The van der Waals surface area contributed by atoms with Crippen LogP contribution in [-0.2, 0) is 9.59 Å². The van der Waals surface area contributed by atoms with Gasteiger partial charge in [-0.15, -0.1) is 6.58 Å². The van der Waals surface area contributed by atoms with Gasteiger partial charge in [-0.1, -0.05) is 6.08 Å². The zero-order chi connectivity index (χ0) is 15.0. The summed E-state index contributed by atoms with van der Waals surface area (Å²) in [6, 6.07) is 5.02. The minimum absolute atomic E-state index is 0.166. The molecule has 2 amide bonds. The topological polar surface area (TPSA) is 79.5 Å². The highest BCUT2D eigenvalue weighted by atomic mass is 16.5. The smallest absolute Gasteiger partial charge is 0.238 e. The van der Waals surface area contributed by atoms with E-state index in [0.29, 0.717) is 23.7 Å². The molecule has 0 aliphatic rings. The van der Waals surface area contributed by atoms with Crippen LogP contribution in [0.4, 0.5) is 11.4 Å². The third-order valence-electron chi connectivity index (χ3n) is 2.37. The number of hydrogen-bond acceptors (Lipinski definition) is 4. The zero-order valence-electron chi connectivity index (χ0n) is 11.7. The molecule has 0 radical (unpaired) electrons. The van der Waals surface area contributed by atoms with Gasteiger partial charge in [-0.2, -0.15) is 0 Å². The molecule has 1 aromatic carbocycles. The van der Waals surface area contributed by atoms with Gasteiger partial charge < -0.3 is 20.7 Å². The predicted molar refractivity (Wildman–Crippen MR) is 79.0 cm³/mol. The molecule has 0 unspecified atom stereocenters. The fraction of sp³-hybridized carbons (Fsp3) is 0.286. The molecule has 0 atom stereocenters. The number of anilines is 2. The Labute approximate surface area is 118 Å². The number of ether oxygens (including phenoxy) is 1. The number of methoxy groups -OCH3 is 1. The molecule has 0 aliphatic carbocycles. The largest absolute Gasteiger partial charge is 0.494 e. The first-order valence-electron chi connectivity index (χ1n) is 6.14. The van der Waals surface area contributed by atoms with Crippen molar-refractivity contribution in [3.63, 3.8) is 0 Å². The average molecular weight is 277 g/mol. The molecule has 0 heterocycles. The van der Waals surface area contributed by atoms with Crippen molar-refractivity contribution < 1.29 is 14.3 Å². The molecule has 6 nitrogen and oxygen atoms in total. The molecule has 0 aromatic heterocycles. The van der Waals surface area contributed by atoms with Gasteiger partial charge in [0.15, 0.2) is 0 Å². The first-order chi connectivity index (χ1) is 9.56. The van der Waals surface area contributed by atoms with Crippen molar-refractivity contribution in [1.29, 1.82) is 0 Å². The highest BCUT2D eigenvalue weighted by Crippen LogP contribution is 2.27. The van der Waals surface area contributed by atoms with Gasteiger partial charge in [0.25, 0.3) is 0 Å². The number of carbonyl (C=O) groups excluding carboxylic acids is 2. The van der Waals surface area contributed by atoms with Crippen LogP contribution in [0.15, 0.2) is 30.9 Å². The van der Waals surface area contributed by atoms with E-state index >= 15 is 0 Å². The number of carbonyl (C=O) groups is 2. The van der Waals surface area contributed by atoms with Crippen molar-refractivity contribution in [2.45, 2.75) is 6.92 Å². The van der Waals surface area contributed by atoms with Crippen LogP contribution >= 0.6 is 0 Å². The Morgan fingerprint density at radius 3 is 2.70 bits per heavy atom. The number of benzene rings is 1. The van der Waals surface area contributed by atoms with E-state index in [1.165, 1.54) is 14.0 Å². The molecule has 0 saturated carbocycles. The minimum Gasteiger partial charge on any atom is -0.494 e. The van der Waals surface area contributed by atoms with Crippen LogP contribution in [0.25, 0.3) is 0 Å². The summed E-state index contributed by atoms with van der Waals surface area (Å²) in [4.78, 5) is 22.7. The van der Waals surface area contributed by atoms with Gasteiger partial charge in [-0.25, -0.2) is 0 Å². The number of hydrogen-bond donors (Lipinski definition) is 3. The van der Waals surface area contributed by atoms with Gasteiger partial charge in [-0.05, 0) is 12.1 Å². The highest BCUT2D eigenvalue weighted by molar-refractivity contribution is 5.94. The van der Waals surface area contributed by atoms with E-state index < -0.39 is 0 Å². The lowest BCUT2D eigenvalue weighted by Crippen LogP contribution is -2.28. The van der Waals surface area contributed by atoms with E-state index in [9.17, 15) is 9.59 Å². The average Bonchev–Trinajstić information content (AvgIpc) is 2.40. The molecule has 1 rings (SSSR count). The summed E-state index contributed by atoms with van der Waals surface area (Å²) in [6.45, 7) is 5.73. The maximum atomic E-state index is 11.6. The van der Waals surface area contributed by atoms with E-state index in [4.69, 9.17) is 4.74 Å². The molecular formula is C14H19N3O3.